The smallest absolute Gasteiger partial charge is 0.241 e. The standard InChI is InChI=1S/C13H19N7O/c1-14-11-17-12(16-7-9-2-3-10(21)6-9)19-13(18-11)20-5-4-15-8-20/h4-5,8-10,21H,2-3,6-7H2,1H3,(H2,14,16,17,18,19). The van der Waals surface area contributed by atoms with Crippen molar-refractivity contribution in [1.29, 1.82) is 0 Å². The van der Waals surface area contributed by atoms with Crippen LogP contribution in [0.5, 0.6) is 0 Å². The second kappa shape index (κ2) is 6.04. The number of rotatable bonds is 5. The fraction of sp³-hybridized carbons (Fsp3) is 0.538. The van der Waals surface area contributed by atoms with Crippen molar-refractivity contribution in [3.63, 3.8) is 0 Å². The lowest BCUT2D eigenvalue weighted by Gasteiger charge is -2.12. The van der Waals surface area contributed by atoms with Gasteiger partial charge in [-0.25, -0.2) is 4.98 Å². The number of nitrogens with one attached hydrogen (secondary N) is 2. The maximum atomic E-state index is 9.56. The van der Waals surface area contributed by atoms with Crippen LogP contribution in [0, 0.1) is 5.92 Å². The van der Waals surface area contributed by atoms with E-state index in [1.54, 1.807) is 30.3 Å². The predicted molar refractivity (Wildman–Crippen MR) is 78.3 cm³/mol. The first-order valence-corrected chi connectivity index (χ1v) is 7.08. The van der Waals surface area contributed by atoms with Gasteiger partial charge >= 0.3 is 0 Å². The number of hydrogen-bond acceptors (Lipinski definition) is 7. The first kappa shape index (κ1) is 13.7. The second-order valence-electron chi connectivity index (χ2n) is 5.22. The minimum atomic E-state index is -0.162. The van der Waals surface area contributed by atoms with Crippen molar-refractivity contribution in [2.75, 3.05) is 24.2 Å². The van der Waals surface area contributed by atoms with Crippen molar-refractivity contribution < 1.29 is 5.11 Å². The van der Waals surface area contributed by atoms with Crippen LogP contribution in [0.2, 0.25) is 0 Å². The van der Waals surface area contributed by atoms with E-state index in [2.05, 4.69) is 30.6 Å². The molecule has 1 saturated carbocycles. The van der Waals surface area contributed by atoms with Gasteiger partial charge in [0.25, 0.3) is 0 Å². The number of nitrogens with zero attached hydrogens (tertiary/aromatic N) is 5. The van der Waals surface area contributed by atoms with E-state index >= 15 is 0 Å². The molecule has 0 bridgehead atoms. The molecule has 0 amide bonds. The Labute approximate surface area is 122 Å². The molecular weight excluding hydrogens is 270 g/mol. The molecular formula is C13H19N7O. The minimum absolute atomic E-state index is 0.162. The molecule has 8 nitrogen and oxygen atoms in total. The van der Waals surface area contributed by atoms with Crippen LogP contribution < -0.4 is 10.6 Å². The van der Waals surface area contributed by atoms with Crippen LogP contribution in [-0.2, 0) is 0 Å². The van der Waals surface area contributed by atoms with Crippen molar-refractivity contribution in [2.24, 2.45) is 5.92 Å². The molecule has 3 rings (SSSR count). The minimum Gasteiger partial charge on any atom is -0.393 e. The Bertz CT molecular complexity index is 586. The van der Waals surface area contributed by atoms with E-state index in [1.165, 1.54) is 0 Å². The first-order valence-electron chi connectivity index (χ1n) is 7.08. The van der Waals surface area contributed by atoms with Crippen molar-refractivity contribution in [2.45, 2.75) is 25.4 Å². The van der Waals surface area contributed by atoms with Crippen LogP contribution in [0.3, 0.4) is 0 Å². The maximum absolute atomic E-state index is 9.56. The Balaban J connectivity index is 1.73. The molecule has 3 N–H and O–H groups in total. The average molecular weight is 289 g/mol. The van der Waals surface area contributed by atoms with Crippen molar-refractivity contribution in [1.82, 2.24) is 24.5 Å². The zero-order valence-corrected chi connectivity index (χ0v) is 11.9. The zero-order valence-electron chi connectivity index (χ0n) is 11.9. The summed E-state index contributed by atoms with van der Waals surface area (Å²) < 4.78 is 1.73. The molecule has 0 saturated heterocycles. The van der Waals surface area contributed by atoms with E-state index in [9.17, 15) is 5.11 Å². The molecule has 21 heavy (non-hydrogen) atoms. The van der Waals surface area contributed by atoms with Gasteiger partial charge in [-0.05, 0) is 25.2 Å². The summed E-state index contributed by atoms with van der Waals surface area (Å²) in [5, 5.41) is 15.7. The molecule has 2 aromatic rings. The number of anilines is 2. The summed E-state index contributed by atoms with van der Waals surface area (Å²) in [5.74, 6) is 2.01. The number of aromatic nitrogens is 5. The molecule has 0 radical (unpaired) electrons. The Morgan fingerprint density at radius 2 is 2.14 bits per heavy atom. The van der Waals surface area contributed by atoms with E-state index in [-0.39, 0.29) is 6.10 Å². The molecule has 2 heterocycles. The van der Waals surface area contributed by atoms with Gasteiger partial charge in [0.15, 0.2) is 0 Å². The van der Waals surface area contributed by atoms with Crippen molar-refractivity contribution in [3.8, 4) is 5.95 Å². The summed E-state index contributed by atoms with van der Waals surface area (Å²) >= 11 is 0. The number of imidazole rings is 1. The molecule has 112 valence electrons. The summed E-state index contributed by atoms with van der Waals surface area (Å²) in [4.78, 5) is 17.0. The lowest BCUT2D eigenvalue weighted by Crippen LogP contribution is -2.16. The van der Waals surface area contributed by atoms with Gasteiger partial charge in [0.05, 0.1) is 6.10 Å². The van der Waals surface area contributed by atoms with Crippen molar-refractivity contribution >= 4 is 11.9 Å². The van der Waals surface area contributed by atoms with Gasteiger partial charge in [0.1, 0.15) is 6.33 Å². The van der Waals surface area contributed by atoms with E-state index in [1.807, 2.05) is 0 Å². The number of aliphatic hydroxyl groups is 1. The van der Waals surface area contributed by atoms with E-state index in [0.29, 0.717) is 23.8 Å². The first-order chi connectivity index (χ1) is 10.2. The highest BCUT2D eigenvalue weighted by molar-refractivity contribution is 5.37. The van der Waals surface area contributed by atoms with E-state index < -0.39 is 0 Å². The lowest BCUT2D eigenvalue weighted by atomic mass is 10.1. The van der Waals surface area contributed by atoms with Gasteiger partial charge in [-0.2, -0.15) is 15.0 Å². The van der Waals surface area contributed by atoms with Gasteiger partial charge < -0.3 is 15.7 Å². The van der Waals surface area contributed by atoms with Gasteiger partial charge in [0, 0.05) is 26.0 Å². The molecule has 2 aromatic heterocycles. The maximum Gasteiger partial charge on any atom is 0.241 e. The summed E-state index contributed by atoms with van der Waals surface area (Å²) in [7, 11) is 1.77. The molecule has 1 aliphatic rings. The fourth-order valence-electron chi connectivity index (χ4n) is 2.52. The van der Waals surface area contributed by atoms with Gasteiger partial charge in [-0.15, -0.1) is 0 Å². The Morgan fingerprint density at radius 3 is 2.81 bits per heavy atom. The molecule has 2 unspecified atom stereocenters. The molecule has 1 fully saturated rings. The molecule has 2 atom stereocenters. The summed E-state index contributed by atoms with van der Waals surface area (Å²) in [6, 6.07) is 0. The molecule has 1 aliphatic carbocycles. The highest BCUT2D eigenvalue weighted by Crippen LogP contribution is 2.25. The molecule has 0 spiro atoms. The Kier molecular flexibility index (Phi) is 3.96. The van der Waals surface area contributed by atoms with E-state index in [4.69, 9.17) is 0 Å². The quantitative estimate of drug-likeness (QED) is 0.743. The van der Waals surface area contributed by atoms with Crippen LogP contribution >= 0.6 is 0 Å². The normalized spacial score (nSPS) is 21.4. The third-order valence-electron chi connectivity index (χ3n) is 3.64. The third-order valence-corrected chi connectivity index (χ3v) is 3.64. The van der Waals surface area contributed by atoms with Crippen LogP contribution in [0.1, 0.15) is 19.3 Å². The Morgan fingerprint density at radius 1 is 1.29 bits per heavy atom. The third kappa shape index (κ3) is 3.27. The molecule has 8 heteroatoms. The summed E-state index contributed by atoms with van der Waals surface area (Å²) in [6.07, 6.45) is 7.70. The summed E-state index contributed by atoms with van der Waals surface area (Å²) in [6.45, 7) is 0.758. The van der Waals surface area contributed by atoms with Crippen molar-refractivity contribution in [3.05, 3.63) is 18.7 Å². The van der Waals surface area contributed by atoms with E-state index in [0.717, 1.165) is 25.8 Å². The predicted octanol–water partition coefficient (Wildman–Crippen LogP) is 0.672. The zero-order chi connectivity index (χ0) is 14.7. The highest BCUT2D eigenvalue weighted by atomic mass is 16.3. The van der Waals surface area contributed by atoms with Crippen LogP contribution in [0.4, 0.5) is 11.9 Å². The second-order valence-corrected chi connectivity index (χ2v) is 5.22. The number of hydrogen-bond donors (Lipinski definition) is 3. The van der Waals surface area contributed by atoms with Crippen LogP contribution in [-0.4, -0.2) is 49.3 Å². The van der Waals surface area contributed by atoms with Gasteiger partial charge in [-0.1, -0.05) is 0 Å². The van der Waals surface area contributed by atoms with Gasteiger partial charge in [-0.3, -0.25) is 4.57 Å². The molecule has 0 aliphatic heterocycles. The highest BCUT2D eigenvalue weighted by Gasteiger charge is 2.22. The topological polar surface area (TPSA) is 101 Å². The van der Waals surface area contributed by atoms with Gasteiger partial charge in [0.2, 0.25) is 17.8 Å². The summed E-state index contributed by atoms with van der Waals surface area (Å²) in [5.41, 5.74) is 0. The SMILES string of the molecule is CNc1nc(NCC2CCC(O)C2)nc(-n2ccnc2)n1. The molecule has 0 aromatic carbocycles. The number of aliphatic hydroxyl groups excluding tert-OH is 1. The van der Waals surface area contributed by atoms with Crippen LogP contribution in [0.15, 0.2) is 18.7 Å². The fourth-order valence-corrected chi connectivity index (χ4v) is 2.52. The largest absolute Gasteiger partial charge is 0.393 e. The lowest BCUT2D eigenvalue weighted by molar-refractivity contribution is 0.178. The Hall–Kier alpha value is -2.22. The monoisotopic (exact) mass is 289 g/mol. The van der Waals surface area contributed by atoms with Crippen LogP contribution in [0.25, 0.3) is 5.95 Å². The average Bonchev–Trinajstić information content (AvgIpc) is 3.16.